The van der Waals surface area contributed by atoms with E-state index in [0.29, 0.717) is 0 Å². The maximum Gasteiger partial charge on any atom is -0.0149 e. The van der Waals surface area contributed by atoms with E-state index in [1.54, 1.807) is 11.1 Å². The molecule has 1 aromatic rings. The Hall–Kier alpha value is -1.04. The summed E-state index contributed by atoms with van der Waals surface area (Å²) in [4.78, 5) is 0. The molecule has 0 saturated heterocycles. The quantitative estimate of drug-likeness (QED) is 0.530. The van der Waals surface area contributed by atoms with Crippen LogP contribution in [0.3, 0.4) is 0 Å². The molecule has 0 amide bonds. The Morgan fingerprint density at radius 3 is 2.82 bits per heavy atom. The van der Waals surface area contributed by atoms with Crippen LogP contribution in [0.4, 0.5) is 0 Å². The minimum Gasteiger partial charge on any atom is -0.0581 e. The molecule has 0 saturated carbocycles. The molecule has 1 aromatic carbocycles. The van der Waals surface area contributed by atoms with Gasteiger partial charge in [-0.25, -0.2) is 0 Å². The Kier molecular flexibility index (Phi) is 0.894. The highest BCUT2D eigenvalue weighted by Gasteiger charge is 2.17. The first-order valence-electron chi connectivity index (χ1n) is 4.28. The summed E-state index contributed by atoms with van der Waals surface area (Å²) in [6.45, 7) is 0. The van der Waals surface area contributed by atoms with Crippen LogP contribution in [0, 0.1) is 0 Å². The number of hydrogen-bond acceptors (Lipinski definition) is 0. The van der Waals surface area contributed by atoms with Crippen molar-refractivity contribution in [3.63, 3.8) is 0 Å². The molecule has 11 heavy (non-hydrogen) atoms. The maximum atomic E-state index is 2.30. The molecule has 0 heteroatoms. The minimum absolute atomic E-state index is 1.30. The smallest absolute Gasteiger partial charge is 0.0149 e. The van der Waals surface area contributed by atoms with Gasteiger partial charge in [0.05, 0.1) is 0 Å². The fourth-order valence-electron chi connectivity index (χ4n) is 2.13. The predicted molar refractivity (Wildman–Crippen MR) is 47.4 cm³/mol. The molecule has 0 bridgehead atoms. The Morgan fingerprint density at radius 1 is 1.00 bits per heavy atom. The van der Waals surface area contributed by atoms with E-state index in [4.69, 9.17) is 0 Å². The van der Waals surface area contributed by atoms with Crippen molar-refractivity contribution in [2.45, 2.75) is 19.3 Å². The van der Waals surface area contributed by atoms with Crippen LogP contribution >= 0.6 is 0 Å². The van der Waals surface area contributed by atoms with Crippen LogP contribution in [-0.4, -0.2) is 0 Å². The van der Waals surface area contributed by atoms with Gasteiger partial charge in [0.15, 0.2) is 0 Å². The molecule has 0 fully saturated rings. The van der Waals surface area contributed by atoms with Gasteiger partial charge in [0.1, 0.15) is 0 Å². The molecule has 0 unspecified atom stereocenters. The summed E-state index contributed by atoms with van der Waals surface area (Å²) in [5.41, 5.74) is 6.20. The maximum absolute atomic E-state index is 2.30. The van der Waals surface area contributed by atoms with Gasteiger partial charge >= 0.3 is 0 Å². The topological polar surface area (TPSA) is 0 Å². The zero-order chi connectivity index (χ0) is 7.26. The average molecular weight is 142 g/mol. The van der Waals surface area contributed by atoms with Crippen LogP contribution < -0.4 is 0 Å². The van der Waals surface area contributed by atoms with E-state index in [9.17, 15) is 0 Å². The fourth-order valence-corrected chi connectivity index (χ4v) is 2.13. The standard InChI is InChI=1S/C11H10/c1-2-8-4-5-9-6-7-11(9)10(8)3-1/h4-7H,1-3H2. The van der Waals surface area contributed by atoms with Gasteiger partial charge in [-0.3, -0.25) is 0 Å². The third-order valence-corrected chi connectivity index (χ3v) is 2.79. The summed E-state index contributed by atoms with van der Waals surface area (Å²) in [5, 5.41) is 0. The summed E-state index contributed by atoms with van der Waals surface area (Å²) in [5.74, 6) is 0. The van der Waals surface area contributed by atoms with Crippen molar-refractivity contribution in [2.24, 2.45) is 0 Å². The SMILES string of the molecule is C1=Cc2c1ccc1c2CCC1. The number of fused-ring (bicyclic) bond motifs is 3. The van der Waals surface area contributed by atoms with Crippen LogP contribution in [0.5, 0.6) is 0 Å². The number of benzene rings is 1. The molecule has 0 heterocycles. The summed E-state index contributed by atoms with van der Waals surface area (Å²) in [6.07, 6.45) is 8.42. The summed E-state index contributed by atoms with van der Waals surface area (Å²) in [6, 6.07) is 4.55. The lowest BCUT2D eigenvalue weighted by Gasteiger charge is -2.14. The number of aryl methyl sites for hydroxylation is 1. The second kappa shape index (κ2) is 1.76. The van der Waals surface area contributed by atoms with Gasteiger partial charge in [-0.05, 0) is 41.5 Å². The highest BCUT2D eigenvalue weighted by molar-refractivity contribution is 5.87. The lowest BCUT2D eigenvalue weighted by Crippen LogP contribution is -1.96. The van der Waals surface area contributed by atoms with Crippen LogP contribution in [0.15, 0.2) is 12.1 Å². The Labute approximate surface area is 66.6 Å². The summed E-state index contributed by atoms with van der Waals surface area (Å²) in [7, 11) is 0. The molecule has 54 valence electrons. The second-order valence-electron chi connectivity index (χ2n) is 3.39. The van der Waals surface area contributed by atoms with Crippen LogP contribution in [0.25, 0.3) is 12.2 Å². The highest BCUT2D eigenvalue weighted by atomic mass is 14.2. The van der Waals surface area contributed by atoms with Crippen molar-refractivity contribution in [3.05, 3.63) is 34.4 Å². The zero-order valence-electron chi connectivity index (χ0n) is 6.43. The molecule has 0 N–H and O–H groups in total. The first kappa shape index (κ1) is 5.59. The number of hydrogen-bond donors (Lipinski definition) is 0. The van der Waals surface area contributed by atoms with E-state index in [1.807, 2.05) is 0 Å². The van der Waals surface area contributed by atoms with Crippen molar-refractivity contribution in [1.29, 1.82) is 0 Å². The molecule has 3 rings (SSSR count). The first-order chi connectivity index (χ1) is 5.45. The molecule has 2 aliphatic rings. The molecule has 0 aromatic heterocycles. The van der Waals surface area contributed by atoms with E-state index in [1.165, 1.54) is 30.4 Å². The summed E-state index contributed by atoms with van der Waals surface area (Å²) < 4.78 is 0. The molecule has 0 aliphatic heterocycles. The van der Waals surface area contributed by atoms with Gasteiger partial charge in [0, 0.05) is 0 Å². The minimum atomic E-state index is 1.30. The monoisotopic (exact) mass is 142 g/mol. The van der Waals surface area contributed by atoms with E-state index < -0.39 is 0 Å². The predicted octanol–water partition coefficient (Wildman–Crippen LogP) is 2.66. The van der Waals surface area contributed by atoms with E-state index in [-0.39, 0.29) is 0 Å². The molecular formula is C11H10. The van der Waals surface area contributed by atoms with Crippen LogP contribution in [-0.2, 0) is 12.8 Å². The van der Waals surface area contributed by atoms with E-state index in [0.717, 1.165) is 0 Å². The second-order valence-corrected chi connectivity index (χ2v) is 3.39. The molecule has 0 nitrogen and oxygen atoms in total. The highest BCUT2D eigenvalue weighted by Crippen LogP contribution is 2.34. The fraction of sp³-hybridized carbons (Fsp3) is 0.273. The van der Waals surface area contributed by atoms with Gasteiger partial charge in [-0.15, -0.1) is 0 Å². The number of rotatable bonds is 0. The third kappa shape index (κ3) is 0.597. The Morgan fingerprint density at radius 2 is 2.00 bits per heavy atom. The van der Waals surface area contributed by atoms with Gasteiger partial charge in [0.25, 0.3) is 0 Å². The Balaban J connectivity index is 2.31. The van der Waals surface area contributed by atoms with Crippen molar-refractivity contribution in [1.82, 2.24) is 0 Å². The van der Waals surface area contributed by atoms with Crippen LogP contribution in [0.1, 0.15) is 28.7 Å². The molecular weight excluding hydrogens is 132 g/mol. The van der Waals surface area contributed by atoms with Crippen LogP contribution in [0.2, 0.25) is 0 Å². The first-order valence-corrected chi connectivity index (χ1v) is 4.28. The largest absolute Gasteiger partial charge is 0.0581 e. The van der Waals surface area contributed by atoms with Crippen molar-refractivity contribution in [2.75, 3.05) is 0 Å². The molecule has 0 spiro atoms. The van der Waals surface area contributed by atoms with E-state index in [2.05, 4.69) is 24.3 Å². The van der Waals surface area contributed by atoms with Crippen molar-refractivity contribution < 1.29 is 0 Å². The molecule has 0 atom stereocenters. The normalized spacial score (nSPS) is 17.5. The molecule has 0 radical (unpaired) electrons. The van der Waals surface area contributed by atoms with Crippen molar-refractivity contribution >= 4 is 12.2 Å². The molecule has 2 aliphatic carbocycles. The van der Waals surface area contributed by atoms with Gasteiger partial charge < -0.3 is 0 Å². The van der Waals surface area contributed by atoms with Gasteiger partial charge in [-0.1, -0.05) is 24.3 Å². The van der Waals surface area contributed by atoms with Gasteiger partial charge in [-0.2, -0.15) is 0 Å². The lowest BCUT2D eigenvalue weighted by atomic mass is 9.90. The zero-order valence-corrected chi connectivity index (χ0v) is 6.43. The van der Waals surface area contributed by atoms with Gasteiger partial charge in [0.2, 0.25) is 0 Å². The van der Waals surface area contributed by atoms with E-state index >= 15 is 0 Å². The Bertz CT molecular complexity index is 345. The third-order valence-electron chi connectivity index (χ3n) is 2.79. The summed E-state index contributed by atoms with van der Waals surface area (Å²) >= 11 is 0. The lowest BCUT2D eigenvalue weighted by molar-refractivity contribution is 0.911. The average Bonchev–Trinajstić information content (AvgIpc) is 2.34. The van der Waals surface area contributed by atoms with Crippen molar-refractivity contribution in [3.8, 4) is 0 Å².